The number of fused-ring (bicyclic) bond motifs is 1. The van der Waals surface area contributed by atoms with Crippen molar-refractivity contribution in [3.8, 4) is 0 Å². The largest absolute Gasteiger partial charge is 0.453 e. The van der Waals surface area contributed by atoms with Gasteiger partial charge < -0.3 is 4.90 Å². The van der Waals surface area contributed by atoms with Crippen LogP contribution in [0.1, 0.15) is 67.7 Å². The van der Waals surface area contributed by atoms with Crippen molar-refractivity contribution >= 4 is 11.7 Å². The number of amides is 1. The molecule has 152 valence electrons. The highest BCUT2D eigenvalue weighted by molar-refractivity contribution is 5.77. The van der Waals surface area contributed by atoms with Crippen molar-refractivity contribution in [2.24, 2.45) is 0 Å². The van der Waals surface area contributed by atoms with Crippen LogP contribution >= 0.6 is 0 Å². The molecule has 2 saturated carbocycles. The molecule has 0 saturated heterocycles. The predicted molar refractivity (Wildman–Crippen MR) is 95.7 cm³/mol. The van der Waals surface area contributed by atoms with Gasteiger partial charge in [0.1, 0.15) is 0 Å². The number of nitrogens with zero attached hydrogens (tertiary/aromatic N) is 5. The molecule has 2 aromatic rings. The van der Waals surface area contributed by atoms with Crippen LogP contribution < -0.4 is 0 Å². The zero-order chi connectivity index (χ0) is 20.1. The van der Waals surface area contributed by atoms with Crippen molar-refractivity contribution in [3.05, 3.63) is 22.8 Å². The first-order valence-electron chi connectivity index (χ1n) is 9.87. The van der Waals surface area contributed by atoms with Crippen LogP contribution in [0, 0.1) is 13.8 Å². The minimum Gasteiger partial charge on any atom is -0.337 e. The van der Waals surface area contributed by atoms with E-state index in [0.717, 1.165) is 35.8 Å². The lowest BCUT2D eigenvalue weighted by atomic mass is 10.1. The van der Waals surface area contributed by atoms with Crippen LogP contribution in [-0.2, 0) is 17.4 Å². The lowest BCUT2D eigenvalue weighted by Gasteiger charge is -2.29. The van der Waals surface area contributed by atoms with Gasteiger partial charge in [-0.3, -0.25) is 4.79 Å². The summed E-state index contributed by atoms with van der Waals surface area (Å²) in [6.45, 7) is 3.44. The number of halogens is 3. The molecule has 6 nitrogen and oxygen atoms in total. The molecule has 1 amide bonds. The van der Waals surface area contributed by atoms with Crippen molar-refractivity contribution in [2.75, 3.05) is 0 Å². The van der Waals surface area contributed by atoms with Gasteiger partial charge in [-0.2, -0.15) is 18.2 Å². The lowest BCUT2D eigenvalue weighted by molar-refractivity contribution is -0.144. The maximum absolute atomic E-state index is 12.9. The summed E-state index contributed by atoms with van der Waals surface area (Å²) in [5.41, 5.74) is 1.91. The Morgan fingerprint density at radius 1 is 1.11 bits per heavy atom. The maximum Gasteiger partial charge on any atom is 0.453 e. The van der Waals surface area contributed by atoms with E-state index in [0.29, 0.717) is 36.3 Å². The van der Waals surface area contributed by atoms with Crippen LogP contribution in [0.25, 0.3) is 5.78 Å². The summed E-state index contributed by atoms with van der Waals surface area (Å²) < 4.78 is 39.9. The standard InChI is InChI=1S/C19H24F3N5O/c1-11-15(12(2)27-18(23-11)24-17(25-27)19(20,21)22)9-10-16(28)26(14-7-8-14)13-5-3-4-6-13/h13-14H,3-10H2,1-2H3. The topological polar surface area (TPSA) is 63.4 Å². The van der Waals surface area contributed by atoms with Crippen molar-refractivity contribution in [2.45, 2.75) is 83.5 Å². The molecule has 0 atom stereocenters. The Morgan fingerprint density at radius 2 is 1.75 bits per heavy atom. The molecule has 0 N–H and O–H groups in total. The number of aromatic nitrogens is 4. The Labute approximate surface area is 161 Å². The lowest BCUT2D eigenvalue weighted by Crippen LogP contribution is -2.40. The quantitative estimate of drug-likeness (QED) is 0.776. The molecule has 0 aliphatic heterocycles. The summed E-state index contributed by atoms with van der Waals surface area (Å²) >= 11 is 0. The van der Waals surface area contributed by atoms with E-state index in [1.165, 1.54) is 12.8 Å². The molecule has 2 aliphatic rings. The van der Waals surface area contributed by atoms with Crippen LogP contribution in [0.15, 0.2) is 0 Å². The van der Waals surface area contributed by atoms with E-state index in [2.05, 4.69) is 20.0 Å². The van der Waals surface area contributed by atoms with E-state index >= 15 is 0 Å². The molecule has 2 aliphatic carbocycles. The molecule has 2 fully saturated rings. The number of hydrogen-bond acceptors (Lipinski definition) is 4. The molecule has 2 aromatic heterocycles. The van der Waals surface area contributed by atoms with Gasteiger partial charge in [0.25, 0.3) is 11.6 Å². The Bertz CT molecular complexity index is 897. The first kappa shape index (κ1) is 19.1. The molecule has 28 heavy (non-hydrogen) atoms. The number of carbonyl (C=O) groups excluding carboxylic acids is 1. The Morgan fingerprint density at radius 3 is 2.36 bits per heavy atom. The molecule has 9 heteroatoms. The van der Waals surface area contributed by atoms with Crippen LogP contribution in [0.4, 0.5) is 13.2 Å². The number of carbonyl (C=O) groups is 1. The molecule has 4 rings (SSSR count). The highest BCUT2D eigenvalue weighted by atomic mass is 19.4. The van der Waals surface area contributed by atoms with E-state index in [-0.39, 0.29) is 11.7 Å². The van der Waals surface area contributed by atoms with Crippen LogP contribution in [0.2, 0.25) is 0 Å². The minimum atomic E-state index is -4.61. The van der Waals surface area contributed by atoms with Gasteiger partial charge in [0.2, 0.25) is 5.91 Å². The van der Waals surface area contributed by atoms with Gasteiger partial charge in [0.15, 0.2) is 0 Å². The summed E-state index contributed by atoms with van der Waals surface area (Å²) in [6.07, 6.45) is 2.82. The van der Waals surface area contributed by atoms with E-state index in [1.807, 2.05) is 0 Å². The predicted octanol–water partition coefficient (Wildman–Crippen LogP) is 3.63. The van der Waals surface area contributed by atoms with Gasteiger partial charge in [-0.25, -0.2) is 9.50 Å². The second-order valence-corrected chi connectivity index (χ2v) is 7.88. The van der Waals surface area contributed by atoms with Gasteiger partial charge in [-0.05, 0) is 51.5 Å². The monoisotopic (exact) mass is 395 g/mol. The third-order valence-electron chi connectivity index (χ3n) is 5.84. The third-order valence-corrected chi connectivity index (χ3v) is 5.84. The van der Waals surface area contributed by atoms with Crippen LogP contribution in [-0.4, -0.2) is 42.5 Å². The molecule has 0 bridgehead atoms. The molecular weight excluding hydrogens is 371 g/mol. The Kier molecular flexibility index (Phi) is 4.79. The molecule has 0 radical (unpaired) electrons. The fourth-order valence-corrected chi connectivity index (χ4v) is 4.29. The van der Waals surface area contributed by atoms with Crippen molar-refractivity contribution in [1.82, 2.24) is 24.5 Å². The van der Waals surface area contributed by atoms with Gasteiger partial charge in [-0.1, -0.05) is 12.8 Å². The first-order chi connectivity index (χ1) is 13.3. The van der Waals surface area contributed by atoms with Crippen molar-refractivity contribution in [1.29, 1.82) is 0 Å². The average Bonchev–Trinajstić information content (AvgIpc) is 3.11. The van der Waals surface area contributed by atoms with E-state index < -0.39 is 12.0 Å². The minimum absolute atomic E-state index is 0.0667. The molecule has 0 aromatic carbocycles. The van der Waals surface area contributed by atoms with Gasteiger partial charge in [-0.15, -0.1) is 5.10 Å². The molecular formula is C19H24F3N5O. The average molecular weight is 395 g/mol. The Hall–Kier alpha value is -2.19. The van der Waals surface area contributed by atoms with E-state index in [1.54, 1.807) is 13.8 Å². The first-order valence-corrected chi connectivity index (χ1v) is 9.87. The second kappa shape index (κ2) is 7.00. The van der Waals surface area contributed by atoms with Crippen LogP contribution in [0.5, 0.6) is 0 Å². The van der Waals surface area contributed by atoms with E-state index in [4.69, 9.17) is 0 Å². The van der Waals surface area contributed by atoms with Gasteiger partial charge in [0, 0.05) is 29.9 Å². The summed E-state index contributed by atoms with van der Waals surface area (Å²) in [7, 11) is 0. The summed E-state index contributed by atoms with van der Waals surface area (Å²) in [5, 5.41) is 3.57. The SMILES string of the molecule is Cc1nc2nc(C(F)(F)F)nn2c(C)c1CCC(=O)N(C1CCCC1)C1CC1. The smallest absolute Gasteiger partial charge is 0.337 e. The second-order valence-electron chi connectivity index (χ2n) is 7.88. The summed E-state index contributed by atoms with van der Waals surface area (Å²) in [5.74, 6) is -1.12. The molecule has 0 spiro atoms. The maximum atomic E-state index is 12.9. The fourth-order valence-electron chi connectivity index (χ4n) is 4.29. The molecule has 0 unspecified atom stereocenters. The normalized spacial score (nSPS) is 18.2. The molecule has 2 heterocycles. The highest BCUT2D eigenvalue weighted by Gasteiger charge is 2.38. The zero-order valence-electron chi connectivity index (χ0n) is 16.1. The number of alkyl halides is 3. The Balaban J connectivity index is 1.54. The van der Waals surface area contributed by atoms with Crippen molar-refractivity contribution < 1.29 is 18.0 Å². The number of rotatable bonds is 5. The zero-order valence-corrected chi connectivity index (χ0v) is 16.1. The van der Waals surface area contributed by atoms with Crippen LogP contribution in [0.3, 0.4) is 0 Å². The number of aryl methyl sites for hydroxylation is 2. The van der Waals surface area contributed by atoms with E-state index in [9.17, 15) is 18.0 Å². The van der Waals surface area contributed by atoms with Crippen molar-refractivity contribution in [3.63, 3.8) is 0 Å². The van der Waals surface area contributed by atoms with Gasteiger partial charge >= 0.3 is 6.18 Å². The van der Waals surface area contributed by atoms with Gasteiger partial charge in [0.05, 0.1) is 0 Å². The summed E-state index contributed by atoms with van der Waals surface area (Å²) in [6, 6.07) is 0.732. The third kappa shape index (κ3) is 3.58. The number of hydrogen-bond donors (Lipinski definition) is 0. The summed E-state index contributed by atoms with van der Waals surface area (Å²) in [4.78, 5) is 22.7. The highest BCUT2D eigenvalue weighted by Crippen LogP contribution is 2.35. The fraction of sp³-hybridized carbons (Fsp3) is 0.684.